The molecule has 1 saturated heterocycles. The van der Waals surface area contributed by atoms with Gasteiger partial charge >= 0.3 is 0 Å². The SMILES string of the molecule is O=C(c1ccco1)N1CCCN(C[C@H]2CC(c3ccccc3)=NO2)CC1. The molecule has 0 N–H and O–H groups in total. The van der Waals surface area contributed by atoms with Gasteiger partial charge in [-0.2, -0.15) is 0 Å². The fourth-order valence-corrected chi connectivity index (χ4v) is 3.53. The molecular weight excluding hydrogens is 330 g/mol. The van der Waals surface area contributed by atoms with Crippen LogP contribution in [0.15, 0.2) is 58.3 Å². The standard InChI is InChI=1S/C20H23N3O3/c24-20(19-8-4-13-25-19)23-10-5-9-22(11-12-23)15-17-14-18(21-26-17)16-6-2-1-3-7-16/h1-4,6-8,13,17H,5,9-12,14-15H2/t17-/m1/s1. The molecule has 0 spiro atoms. The first-order chi connectivity index (χ1) is 12.8. The van der Waals surface area contributed by atoms with Crippen molar-refractivity contribution < 1.29 is 14.0 Å². The number of carbonyl (C=O) groups is 1. The van der Waals surface area contributed by atoms with E-state index in [1.165, 1.54) is 0 Å². The highest BCUT2D eigenvalue weighted by Crippen LogP contribution is 2.18. The first-order valence-corrected chi connectivity index (χ1v) is 9.13. The second-order valence-corrected chi connectivity index (χ2v) is 6.76. The largest absolute Gasteiger partial charge is 0.459 e. The van der Waals surface area contributed by atoms with Gasteiger partial charge in [0.25, 0.3) is 5.91 Å². The summed E-state index contributed by atoms with van der Waals surface area (Å²) in [7, 11) is 0. The van der Waals surface area contributed by atoms with E-state index >= 15 is 0 Å². The van der Waals surface area contributed by atoms with E-state index in [4.69, 9.17) is 9.25 Å². The third-order valence-corrected chi connectivity index (χ3v) is 4.91. The van der Waals surface area contributed by atoms with E-state index < -0.39 is 0 Å². The van der Waals surface area contributed by atoms with Crippen LogP contribution in [0.3, 0.4) is 0 Å². The minimum absolute atomic E-state index is 0.0244. The van der Waals surface area contributed by atoms with Crippen LogP contribution in [0.1, 0.15) is 29.0 Å². The summed E-state index contributed by atoms with van der Waals surface area (Å²) in [5.41, 5.74) is 2.14. The number of carbonyl (C=O) groups excluding carboxylic acids is 1. The van der Waals surface area contributed by atoms with Crippen molar-refractivity contribution in [1.82, 2.24) is 9.80 Å². The topological polar surface area (TPSA) is 58.3 Å². The maximum absolute atomic E-state index is 12.4. The van der Waals surface area contributed by atoms with Gasteiger partial charge in [0, 0.05) is 39.1 Å². The van der Waals surface area contributed by atoms with Crippen molar-refractivity contribution in [2.45, 2.75) is 18.9 Å². The number of oxime groups is 1. The van der Waals surface area contributed by atoms with Crippen LogP contribution in [0.4, 0.5) is 0 Å². The highest BCUT2D eigenvalue weighted by Gasteiger charge is 2.27. The van der Waals surface area contributed by atoms with Gasteiger partial charge in [-0.05, 0) is 24.1 Å². The number of hydrogen-bond acceptors (Lipinski definition) is 5. The first-order valence-electron chi connectivity index (χ1n) is 9.13. The van der Waals surface area contributed by atoms with Gasteiger partial charge in [-0.25, -0.2) is 0 Å². The highest BCUT2D eigenvalue weighted by atomic mass is 16.6. The van der Waals surface area contributed by atoms with Gasteiger partial charge in [0.05, 0.1) is 12.0 Å². The molecule has 1 amide bonds. The van der Waals surface area contributed by atoms with Crippen molar-refractivity contribution in [3.05, 3.63) is 60.1 Å². The van der Waals surface area contributed by atoms with E-state index in [1.54, 1.807) is 18.4 Å². The Morgan fingerprint density at radius 3 is 2.77 bits per heavy atom. The van der Waals surface area contributed by atoms with Crippen LogP contribution in [-0.2, 0) is 4.84 Å². The van der Waals surface area contributed by atoms with Crippen molar-refractivity contribution in [3.63, 3.8) is 0 Å². The molecule has 2 aromatic rings. The number of benzene rings is 1. The molecule has 0 bridgehead atoms. The third-order valence-electron chi connectivity index (χ3n) is 4.91. The Morgan fingerprint density at radius 1 is 1.08 bits per heavy atom. The van der Waals surface area contributed by atoms with E-state index in [-0.39, 0.29) is 12.0 Å². The van der Waals surface area contributed by atoms with Gasteiger partial charge in [0.2, 0.25) is 0 Å². The predicted octanol–water partition coefficient (Wildman–Crippen LogP) is 2.62. The van der Waals surface area contributed by atoms with E-state index in [2.05, 4.69) is 22.2 Å². The zero-order chi connectivity index (χ0) is 17.8. The number of furan rings is 1. The van der Waals surface area contributed by atoms with E-state index in [0.717, 1.165) is 50.3 Å². The van der Waals surface area contributed by atoms with E-state index in [1.807, 2.05) is 23.1 Å². The highest BCUT2D eigenvalue weighted by molar-refractivity contribution is 6.01. The molecule has 6 heteroatoms. The molecule has 0 radical (unpaired) electrons. The molecule has 0 unspecified atom stereocenters. The number of hydrogen-bond donors (Lipinski definition) is 0. The van der Waals surface area contributed by atoms with Crippen molar-refractivity contribution in [3.8, 4) is 0 Å². The smallest absolute Gasteiger partial charge is 0.289 e. The molecular formula is C20H23N3O3. The molecule has 136 valence electrons. The summed E-state index contributed by atoms with van der Waals surface area (Å²) < 4.78 is 5.24. The monoisotopic (exact) mass is 353 g/mol. The Kier molecular flexibility index (Phi) is 5.02. The summed E-state index contributed by atoms with van der Waals surface area (Å²) in [5, 5.41) is 4.27. The van der Waals surface area contributed by atoms with Gasteiger partial charge < -0.3 is 14.2 Å². The molecule has 1 atom stereocenters. The Balaban J connectivity index is 1.28. The molecule has 0 saturated carbocycles. The van der Waals surface area contributed by atoms with E-state index in [0.29, 0.717) is 12.3 Å². The van der Waals surface area contributed by atoms with Crippen molar-refractivity contribution in [2.75, 3.05) is 32.7 Å². The number of amides is 1. The second kappa shape index (κ2) is 7.74. The zero-order valence-electron chi connectivity index (χ0n) is 14.7. The second-order valence-electron chi connectivity index (χ2n) is 6.76. The van der Waals surface area contributed by atoms with Crippen LogP contribution < -0.4 is 0 Å². The van der Waals surface area contributed by atoms with Crippen molar-refractivity contribution in [2.24, 2.45) is 5.16 Å². The maximum Gasteiger partial charge on any atom is 0.289 e. The molecule has 0 aliphatic carbocycles. The predicted molar refractivity (Wildman–Crippen MR) is 98.1 cm³/mol. The average Bonchev–Trinajstić information content (AvgIpc) is 3.31. The molecule has 2 aliphatic rings. The maximum atomic E-state index is 12.4. The summed E-state index contributed by atoms with van der Waals surface area (Å²) >= 11 is 0. The minimum Gasteiger partial charge on any atom is -0.459 e. The van der Waals surface area contributed by atoms with Gasteiger partial charge in [0.1, 0.15) is 6.10 Å². The Hall–Kier alpha value is -2.60. The van der Waals surface area contributed by atoms with Gasteiger partial charge in [0.15, 0.2) is 5.76 Å². The van der Waals surface area contributed by atoms with Crippen LogP contribution in [0.2, 0.25) is 0 Å². The molecule has 1 aromatic carbocycles. The lowest BCUT2D eigenvalue weighted by Gasteiger charge is -2.23. The van der Waals surface area contributed by atoms with Crippen LogP contribution >= 0.6 is 0 Å². The Labute approximate surface area is 153 Å². The zero-order valence-corrected chi connectivity index (χ0v) is 14.7. The molecule has 2 aliphatic heterocycles. The molecule has 1 aromatic heterocycles. The fourth-order valence-electron chi connectivity index (χ4n) is 3.53. The molecule has 1 fully saturated rings. The quantitative estimate of drug-likeness (QED) is 0.848. The summed E-state index contributed by atoms with van der Waals surface area (Å²) in [4.78, 5) is 22.3. The Morgan fingerprint density at radius 2 is 1.96 bits per heavy atom. The van der Waals surface area contributed by atoms with Crippen LogP contribution in [-0.4, -0.2) is 60.2 Å². The van der Waals surface area contributed by atoms with Crippen LogP contribution in [0.5, 0.6) is 0 Å². The third kappa shape index (κ3) is 3.80. The summed E-state index contributed by atoms with van der Waals surface area (Å²) in [6.07, 6.45) is 3.40. The molecule has 3 heterocycles. The molecule has 4 rings (SSSR count). The van der Waals surface area contributed by atoms with Crippen molar-refractivity contribution in [1.29, 1.82) is 0 Å². The fraction of sp³-hybridized carbons (Fsp3) is 0.400. The summed E-state index contributed by atoms with van der Waals surface area (Å²) in [6.45, 7) is 4.10. The minimum atomic E-state index is -0.0244. The molecule has 26 heavy (non-hydrogen) atoms. The van der Waals surface area contributed by atoms with Gasteiger partial charge in [-0.1, -0.05) is 35.5 Å². The lowest BCUT2D eigenvalue weighted by atomic mass is 10.0. The first kappa shape index (κ1) is 16.8. The lowest BCUT2D eigenvalue weighted by Crippen LogP contribution is -2.37. The van der Waals surface area contributed by atoms with Crippen molar-refractivity contribution >= 4 is 11.6 Å². The summed E-state index contributed by atoms with van der Waals surface area (Å²) in [6, 6.07) is 13.6. The average molecular weight is 353 g/mol. The van der Waals surface area contributed by atoms with Gasteiger partial charge in [-0.3, -0.25) is 9.69 Å². The Bertz CT molecular complexity index is 758. The molecule has 6 nitrogen and oxygen atoms in total. The lowest BCUT2D eigenvalue weighted by molar-refractivity contribution is 0.0529. The summed E-state index contributed by atoms with van der Waals surface area (Å²) in [5.74, 6) is 0.391. The van der Waals surface area contributed by atoms with E-state index in [9.17, 15) is 4.79 Å². The van der Waals surface area contributed by atoms with Gasteiger partial charge in [-0.15, -0.1) is 0 Å². The normalized spacial score (nSPS) is 21.2. The van der Waals surface area contributed by atoms with Crippen LogP contribution in [0.25, 0.3) is 0 Å². The number of rotatable bonds is 4. The van der Waals surface area contributed by atoms with Crippen LogP contribution in [0, 0.1) is 0 Å². The number of nitrogens with zero attached hydrogens (tertiary/aromatic N) is 3.